The molecule has 0 saturated carbocycles. The summed E-state index contributed by atoms with van der Waals surface area (Å²) < 4.78 is 0. The van der Waals surface area contributed by atoms with Gasteiger partial charge in [-0.25, -0.2) is 4.79 Å². The molecule has 0 aliphatic heterocycles. The number of aliphatic hydroxyl groups is 1. The van der Waals surface area contributed by atoms with E-state index in [1.54, 1.807) is 36.6 Å². The van der Waals surface area contributed by atoms with Crippen LogP contribution < -0.4 is 27.4 Å². The number of hydrogen-bond donors (Lipinski definition) is 7. The third-order valence-corrected chi connectivity index (χ3v) is 5.65. The molecule has 0 saturated heterocycles. The molecule has 0 spiro atoms. The minimum atomic E-state index is -1.48. The van der Waals surface area contributed by atoms with Gasteiger partial charge in [-0.2, -0.15) is 11.8 Å². The van der Waals surface area contributed by atoms with Crippen molar-refractivity contribution in [1.29, 1.82) is 0 Å². The maximum Gasteiger partial charge on any atom is 0.326 e. The molecule has 1 rings (SSSR count). The first-order valence-electron chi connectivity index (χ1n) is 10.8. The van der Waals surface area contributed by atoms with Gasteiger partial charge in [-0.15, -0.1) is 0 Å². The molecule has 1 aromatic rings. The zero-order valence-electron chi connectivity index (χ0n) is 19.6. The average Bonchev–Trinajstić information content (AvgIpc) is 2.80. The van der Waals surface area contributed by atoms with E-state index in [4.69, 9.17) is 11.5 Å². The number of carbonyl (C=O) groups is 5. The minimum Gasteiger partial charge on any atom is -0.480 e. The lowest BCUT2D eigenvalue weighted by atomic mass is 10.0. The van der Waals surface area contributed by atoms with Gasteiger partial charge in [0.05, 0.1) is 12.5 Å². The topological polar surface area (TPSA) is 214 Å². The summed E-state index contributed by atoms with van der Waals surface area (Å²) in [6, 6.07) is 3.39. The van der Waals surface area contributed by atoms with E-state index in [0.29, 0.717) is 11.3 Å². The zero-order valence-corrected chi connectivity index (χ0v) is 20.4. The molecule has 0 aromatic heterocycles. The molecule has 4 amide bonds. The number of nitrogens with two attached hydrogens (primary N) is 2. The number of benzene rings is 1. The predicted octanol–water partition coefficient (Wildman–Crippen LogP) is -1.90. The van der Waals surface area contributed by atoms with Crippen LogP contribution in [0.4, 0.5) is 0 Å². The van der Waals surface area contributed by atoms with Gasteiger partial charge in [0.2, 0.25) is 23.6 Å². The highest BCUT2D eigenvalue weighted by Gasteiger charge is 2.31. The Morgan fingerprint density at radius 2 is 1.49 bits per heavy atom. The highest BCUT2D eigenvalue weighted by atomic mass is 32.2. The average molecular weight is 512 g/mol. The van der Waals surface area contributed by atoms with Crippen molar-refractivity contribution in [3.63, 3.8) is 0 Å². The van der Waals surface area contributed by atoms with Crippen molar-refractivity contribution in [2.24, 2.45) is 11.5 Å². The van der Waals surface area contributed by atoms with Crippen LogP contribution in [0, 0.1) is 0 Å². The number of nitrogens with one attached hydrogen (secondary N) is 3. The number of thioether (sulfide) groups is 1. The summed E-state index contributed by atoms with van der Waals surface area (Å²) in [6.45, 7) is 1.32. The van der Waals surface area contributed by atoms with E-state index in [1.165, 1.54) is 18.7 Å². The van der Waals surface area contributed by atoms with Crippen LogP contribution in [0.3, 0.4) is 0 Å². The van der Waals surface area contributed by atoms with Crippen LogP contribution in [0.15, 0.2) is 30.3 Å². The van der Waals surface area contributed by atoms with Crippen LogP contribution in [0.5, 0.6) is 0 Å². The molecule has 1 aromatic carbocycles. The monoisotopic (exact) mass is 511 g/mol. The molecule has 0 heterocycles. The second kappa shape index (κ2) is 15.0. The van der Waals surface area contributed by atoms with E-state index in [0.717, 1.165) is 0 Å². The summed E-state index contributed by atoms with van der Waals surface area (Å²) in [6.07, 6.45) is 0.182. The molecule has 0 bridgehead atoms. The van der Waals surface area contributed by atoms with Gasteiger partial charge >= 0.3 is 5.97 Å². The molecule has 12 nitrogen and oxygen atoms in total. The number of hydrogen-bond acceptors (Lipinski definition) is 8. The molecule has 13 heteroatoms. The Hall–Kier alpha value is -3.16. The second-order valence-electron chi connectivity index (χ2n) is 7.93. The van der Waals surface area contributed by atoms with Crippen molar-refractivity contribution < 1.29 is 34.2 Å². The van der Waals surface area contributed by atoms with E-state index >= 15 is 0 Å². The molecular weight excluding hydrogens is 478 g/mol. The van der Waals surface area contributed by atoms with Gasteiger partial charge in [0.15, 0.2) is 0 Å². The van der Waals surface area contributed by atoms with Gasteiger partial charge in [0.25, 0.3) is 0 Å². The summed E-state index contributed by atoms with van der Waals surface area (Å²) in [5.74, 6) is -4.22. The fraction of sp³-hybridized carbons (Fsp3) is 0.500. The third-order valence-electron chi connectivity index (χ3n) is 5.00. The molecule has 35 heavy (non-hydrogen) atoms. The lowest BCUT2D eigenvalue weighted by molar-refractivity contribution is -0.142. The molecular formula is C22H33N5O7S. The van der Waals surface area contributed by atoms with Gasteiger partial charge in [-0.05, 0) is 30.9 Å². The maximum absolute atomic E-state index is 12.9. The standard InChI is InChI=1S/C22H33N5O7S/c1-12(28)18(24)21(32)25-14(8-9-35-2)19(30)26-15(11-17(23)29)20(31)27-16(22(33)34)10-13-6-4-3-5-7-13/h3-7,12,14-16,18,28H,8-11,24H2,1-2H3,(H2,23,29)(H,25,32)(H,26,30)(H,27,31)(H,33,34). The molecule has 0 fully saturated rings. The maximum atomic E-state index is 12.9. The molecule has 9 N–H and O–H groups in total. The first kappa shape index (κ1) is 29.9. The Balaban J connectivity index is 3.00. The zero-order chi connectivity index (χ0) is 26.5. The highest BCUT2D eigenvalue weighted by Crippen LogP contribution is 2.06. The van der Waals surface area contributed by atoms with Crippen LogP contribution in [-0.4, -0.2) is 82.1 Å². The second-order valence-corrected chi connectivity index (χ2v) is 8.92. The van der Waals surface area contributed by atoms with Crippen molar-refractivity contribution in [1.82, 2.24) is 16.0 Å². The number of aliphatic hydroxyl groups excluding tert-OH is 1. The van der Waals surface area contributed by atoms with Gasteiger partial charge in [-0.3, -0.25) is 19.2 Å². The number of carbonyl (C=O) groups excluding carboxylic acids is 4. The van der Waals surface area contributed by atoms with Crippen molar-refractivity contribution in [2.75, 3.05) is 12.0 Å². The summed E-state index contributed by atoms with van der Waals surface area (Å²) in [5.41, 5.74) is 11.5. The van der Waals surface area contributed by atoms with Crippen LogP contribution in [0.2, 0.25) is 0 Å². The number of aliphatic carboxylic acids is 1. The first-order valence-corrected chi connectivity index (χ1v) is 12.2. The van der Waals surface area contributed by atoms with Crippen LogP contribution >= 0.6 is 11.8 Å². The van der Waals surface area contributed by atoms with E-state index < -0.39 is 66.3 Å². The molecule has 0 radical (unpaired) electrons. The Morgan fingerprint density at radius 1 is 0.943 bits per heavy atom. The summed E-state index contributed by atoms with van der Waals surface area (Å²) in [5, 5.41) is 26.2. The van der Waals surface area contributed by atoms with Crippen LogP contribution in [-0.2, 0) is 30.4 Å². The van der Waals surface area contributed by atoms with Crippen molar-refractivity contribution in [3.05, 3.63) is 35.9 Å². The first-order chi connectivity index (χ1) is 16.5. The number of amides is 4. The van der Waals surface area contributed by atoms with E-state index in [9.17, 15) is 34.2 Å². The highest BCUT2D eigenvalue weighted by molar-refractivity contribution is 7.98. The Kier molecular flexibility index (Phi) is 12.8. The Morgan fingerprint density at radius 3 is 2.00 bits per heavy atom. The lowest BCUT2D eigenvalue weighted by Crippen LogP contribution is -2.58. The Bertz CT molecular complexity index is 884. The molecule has 0 aliphatic carbocycles. The quantitative estimate of drug-likeness (QED) is 0.140. The molecule has 0 aliphatic rings. The van der Waals surface area contributed by atoms with Gasteiger partial charge < -0.3 is 37.6 Å². The smallest absolute Gasteiger partial charge is 0.326 e. The predicted molar refractivity (Wildman–Crippen MR) is 130 cm³/mol. The van der Waals surface area contributed by atoms with Crippen molar-refractivity contribution in [2.45, 2.75) is 56.5 Å². The third kappa shape index (κ3) is 10.8. The number of rotatable bonds is 15. The lowest BCUT2D eigenvalue weighted by Gasteiger charge is -2.25. The molecule has 194 valence electrons. The van der Waals surface area contributed by atoms with Gasteiger partial charge in [0, 0.05) is 6.42 Å². The van der Waals surface area contributed by atoms with Crippen LogP contribution in [0.25, 0.3) is 0 Å². The summed E-state index contributed by atoms with van der Waals surface area (Å²) >= 11 is 1.41. The number of carboxylic acids is 1. The SMILES string of the molecule is CSCCC(NC(=O)C(N)C(C)O)C(=O)NC(CC(N)=O)C(=O)NC(Cc1ccccc1)C(=O)O. The number of primary amides is 1. The summed E-state index contributed by atoms with van der Waals surface area (Å²) in [4.78, 5) is 61.2. The molecule has 5 unspecified atom stereocenters. The number of carboxylic acid groups (broad SMARTS) is 1. The van der Waals surface area contributed by atoms with Crippen molar-refractivity contribution >= 4 is 41.4 Å². The minimum absolute atomic E-state index is 0.0250. The van der Waals surface area contributed by atoms with E-state index in [1.807, 2.05) is 0 Å². The largest absolute Gasteiger partial charge is 0.480 e. The fourth-order valence-corrected chi connectivity index (χ4v) is 3.47. The molecule has 5 atom stereocenters. The van der Waals surface area contributed by atoms with E-state index in [2.05, 4.69) is 16.0 Å². The normalized spacial score (nSPS) is 15.1. The van der Waals surface area contributed by atoms with Crippen molar-refractivity contribution in [3.8, 4) is 0 Å². The summed E-state index contributed by atoms with van der Waals surface area (Å²) in [7, 11) is 0. The van der Waals surface area contributed by atoms with Crippen LogP contribution in [0.1, 0.15) is 25.3 Å². The fourth-order valence-electron chi connectivity index (χ4n) is 3.00. The van der Waals surface area contributed by atoms with E-state index in [-0.39, 0.29) is 12.8 Å². The Labute approximate surface area is 207 Å². The van der Waals surface area contributed by atoms with Gasteiger partial charge in [0.1, 0.15) is 24.2 Å². The van der Waals surface area contributed by atoms with Gasteiger partial charge in [-0.1, -0.05) is 30.3 Å².